The number of rotatable bonds is 2. The van der Waals surface area contributed by atoms with Crippen LogP contribution in [0.2, 0.25) is 0 Å². The number of aryl methyl sites for hydroxylation is 1. The minimum atomic E-state index is -0.614. The molecule has 2 amide bonds. The van der Waals surface area contributed by atoms with Crippen molar-refractivity contribution < 1.29 is 24.2 Å². The van der Waals surface area contributed by atoms with Crippen LogP contribution in [0.25, 0.3) is 0 Å². The number of benzene rings is 2. The van der Waals surface area contributed by atoms with E-state index in [1.165, 1.54) is 18.2 Å². The van der Waals surface area contributed by atoms with Gasteiger partial charge in [0.2, 0.25) is 6.79 Å². The van der Waals surface area contributed by atoms with Crippen molar-refractivity contribution in [1.82, 2.24) is 10.9 Å². The molecule has 3 rings (SSSR count). The van der Waals surface area contributed by atoms with Gasteiger partial charge in [0.15, 0.2) is 11.5 Å². The molecule has 1 heterocycles. The molecule has 0 fully saturated rings. The Kier molecular flexibility index (Phi) is 3.76. The van der Waals surface area contributed by atoms with Gasteiger partial charge in [-0.1, -0.05) is 6.07 Å². The van der Waals surface area contributed by atoms with Crippen LogP contribution in [0.4, 0.5) is 0 Å². The number of hydrogen-bond acceptors (Lipinski definition) is 5. The Morgan fingerprint density at radius 2 is 1.74 bits per heavy atom. The summed E-state index contributed by atoms with van der Waals surface area (Å²) in [5.41, 5.74) is 5.74. The van der Waals surface area contributed by atoms with Gasteiger partial charge < -0.3 is 14.6 Å². The Balaban J connectivity index is 1.65. The summed E-state index contributed by atoms with van der Waals surface area (Å²) in [5.74, 6) is -0.241. The van der Waals surface area contributed by atoms with Crippen molar-refractivity contribution in [3.8, 4) is 17.2 Å². The number of nitrogens with one attached hydrogen (secondary N) is 2. The number of fused-ring (bicyclic) bond motifs is 1. The van der Waals surface area contributed by atoms with E-state index in [1.807, 2.05) is 0 Å². The maximum Gasteiger partial charge on any atom is 0.273 e. The second-order valence-electron chi connectivity index (χ2n) is 5.00. The van der Waals surface area contributed by atoms with E-state index >= 15 is 0 Å². The van der Waals surface area contributed by atoms with Gasteiger partial charge in [0.25, 0.3) is 11.8 Å². The highest BCUT2D eigenvalue weighted by molar-refractivity contribution is 6.00. The molecule has 7 heteroatoms. The van der Waals surface area contributed by atoms with Gasteiger partial charge in [0.05, 0.1) is 5.56 Å². The maximum absolute atomic E-state index is 12.0. The van der Waals surface area contributed by atoms with E-state index in [9.17, 15) is 14.7 Å². The summed E-state index contributed by atoms with van der Waals surface area (Å²) in [6.07, 6.45) is 0. The second kappa shape index (κ2) is 5.88. The van der Waals surface area contributed by atoms with Crippen LogP contribution in [0, 0.1) is 6.92 Å². The molecule has 0 spiro atoms. The zero-order chi connectivity index (χ0) is 16.4. The molecule has 0 atom stereocenters. The van der Waals surface area contributed by atoms with Crippen molar-refractivity contribution in [3.05, 3.63) is 53.1 Å². The van der Waals surface area contributed by atoms with Crippen molar-refractivity contribution in [1.29, 1.82) is 0 Å². The fourth-order valence-electron chi connectivity index (χ4n) is 2.12. The first kappa shape index (κ1) is 14.7. The molecule has 23 heavy (non-hydrogen) atoms. The van der Waals surface area contributed by atoms with Crippen LogP contribution in [0.3, 0.4) is 0 Å². The fourth-order valence-corrected chi connectivity index (χ4v) is 2.12. The van der Waals surface area contributed by atoms with Crippen LogP contribution in [0.1, 0.15) is 26.3 Å². The van der Waals surface area contributed by atoms with Crippen molar-refractivity contribution in [3.63, 3.8) is 0 Å². The molecule has 0 bridgehead atoms. The molecule has 7 nitrogen and oxygen atoms in total. The largest absolute Gasteiger partial charge is 0.507 e. The van der Waals surface area contributed by atoms with E-state index in [1.54, 1.807) is 25.1 Å². The SMILES string of the molecule is Cc1ccc(C(=O)NNC(=O)c2ccc3c(c2)OCO3)c(O)c1. The Labute approximate surface area is 131 Å². The Morgan fingerprint density at radius 1 is 1.00 bits per heavy atom. The molecule has 1 aliphatic rings. The molecular formula is C16H14N2O5. The zero-order valence-corrected chi connectivity index (χ0v) is 12.3. The van der Waals surface area contributed by atoms with Crippen LogP contribution in [0.5, 0.6) is 17.2 Å². The van der Waals surface area contributed by atoms with Gasteiger partial charge in [0.1, 0.15) is 5.75 Å². The van der Waals surface area contributed by atoms with Crippen LogP contribution in [0.15, 0.2) is 36.4 Å². The first-order valence-corrected chi connectivity index (χ1v) is 6.84. The summed E-state index contributed by atoms with van der Waals surface area (Å²) < 4.78 is 10.3. The predicted molar refractivity (Wildman–Crippen MR) is 80.3 cm³/mol. The van der Waals surface area contributed by atoms with Gasteiger partial charge in [-0.3, -0.25) is 20.4 Å². The Bertz CT molecular complexity index is 788. The highest BCUT2D eigenvalue weighted by Crippen LogP contribution is 2.32. The molecule has 118 valence electrons. The van der Waals surface area contributed by atoms with Crippen molar-refractivity contribution >= 4 is 11.8 Å². The maximum atomic E-state index is 12.0. The lowest BCUT2D eigenvalue weighted by molar-refractivity contribution is 0.0845. The topological polar surface area (TPSA) is 96.9 Å². The molecule has 3 N–H and O–H groups in total. The van der Waals surface area contributed by atoms with E-state index < -0.39 is 11.8 Å². The monoisotopic (exact) mass is 314 g/mol. The number of carbonyl (C=O) groups excluding carboxylic acids is 2. The van der Waals surface area contributed by atoms with Gasteiger partial charge in [-0.15, -0.1) is 0 Å². The standard InChI is InChI=1S/C16H14N2O5/c1-9-2-4-11(12(19)6-9)16(21)18-17-15(20)10-3-5-13-14(7-10)23-8-22-13/h2-7,19H,8H2,1H3,(H,17,20)(H,18,21). The molecule has 0 aromatic heterocycles. The Hall–Kier alpha value is -3.22. The summed E-state index contributed by atoms with van der Waals surface area (Å²) >= 11 is 0. The summed E-state index contributed by atoms with van der Waals surface area (Å²) in [5, 5.41) is 9.75. The summed E-state index contributed by atoms with van der Waals surface area (Å²) in [4.78, 5) is 24.0. The quantitative estimate of drug-likeness (QED) is 0.730. The molecule has 0 saturated heterocycles. The van der Waals surface area contributed by atoms with E-state index in [0.29, 0.717) is 17.1 Å². The van der Waals surface area contributed by atoms with Crippen LogP contribution < -0.4 is 20.3 Å². The van der Waals surface area contributed by atoms with Crippen LogP contribution in [-0.4, -0.2) is 23.7 Å². The number of aromatic hydroxyl groups is 1. The van der Waals surface area contributed by atoms with E-state index in [4.69, 9.17) is 9.47 Å². The number of hydrogen-bond donors (Lipinski definition) is 3. The van der Waals surface area contributed by atoms with Crippen molar-refractivity contribution in [2.45, 2.75) is 6.92 Å². The smallest absolute Gasteiger partial charge is 0.273 e. The number of phenols is 1. The average molecular weight is 314 g/mol. The molecule has 2 aromatic carbocycles. The summed E-state index contributed by atoms with van der Waals surface area (Å²) in [6, 6.07) is 9.33. The fraction of sp³-hybridized carbons (Fsp3) is 0.125. The van der Waals surface area contributed by atoms with Gasteiger partial charge in [-0.2, -0.15) is 0 Å². The van der Waals surface area contributed by atoms with E-state index in [0.717, 1.165) is 5.56 Å². The highest BCUT2D eigenvalue weighted by atomic mass is 16.7. The summed E-state index contributed by atoms with van der Waals surface area (Å²) in [6.45, 7) is 1.91. The minimum Gasteiger partial charge on any atom is -0.507 e. The Morgan fingerprint density at radius 3 is 2.52 bits per heavy atom. The first-order valence-electron chi connectivity index (χ1n) is 6.84. The van der Waals surface area contributed by atoms with E-state index in [-0.39, 0.29) is 18.1 Å². The molecule has 2 aromatic rings. The lowest BCUT2D eigenvalue weighted by Gasteiger charge is -2.09. The van der Waals surface area contributed by atoms with Crippen molar-refractivity contribution in [2.24, 2.45) is 0 Å². The average Bonchev–Trinajstić information content (AvgIpc) is 2.99. The first-order chi connectivity index (χ1) is 11.0. The lowest BCUT2D eigenvalue weighted by Crippen LogP contribution is -2.41. The molecule has 1 aliphatic heterocycles. The molecule has 0 unspecified atom stereocenters. The number of hydrazine groups is 1. The van der Waals surface area contributed by atoms with Gasteiger partial charge >= 0.3 is 0 Å². The number of carbonyl (C=O) groups is 2. The lowest BCUT2D eigenvalue weighted by atomic mass is 10.1. The number of ether oxygens (including phenoxy) is 2. The molecule has 0 aliphatic carbocycles. The van der Waals surface area contributed by atoms with Crippen LogP contribution in [-0.2, 0) is 0 Å². The number of phenolic OH excluding ortho intramolecular Hbond substituents is 1. The van der Waals surface area contributed by atoms with E-state index in [2.05, 4.69) is 10.9 Å². The molecule has 0 saturated carbocycles. The zero-order valence-electron chi connectivity index (χ0n) is 12.3. The molecule has 0 radical (unpaired) electrons. The van der Waals surface area contributed by atoms with Gasteiger partial charge in [0, 0.05) is 5.56 Å². The second-order valence-corrected chi connectivity index (χ2v) is 5.00. The van der Waals surface area contributed by atoms with Gasteiger partial charge in [-0.05, 0) is 42.8 Å². The number of amides is 2. The normalized spacial score (nSPS) is 11.9. The highest BCUT2D eigenvalue weighted by Gasteiger charge is 2.17. The molecular weight excluding hydrogens is 300 g/mol. The van der Waals surface area contributed by atoms with Gasteiger partial charge in [-0.25, -0.2) is 0 Å². The van der Waals surface area contributed by atoms with Crippen molar-refractivity contribution in [2.75, 3.05) is 6.79 Å². The third-order valence-corrected chi connectivity index (χ3v) is 3.32. The third kappa shape index (κ3) is 3.03. The van der Waals surface area contributed by atoms with Crippen LogP contribution >= 0.6 is 0 Å². The predicted octanol–water partition coefficient (Wildman–Crippen LogP) is 1.50. The minimum absolute atomic E-state index is 0.0709. The summed E-state index contributed by atoms with van der Waals surface area (Å²) in [7, 11) is 0. The third-order valence-electron chi connectivity index (χ3n) is 3.32.